The molecule has 1 aromatic rings. The third-order valence-corrected chi connectivity index (χ3v) is 5.83. The van der Waals surface area contributed by atoms with E-state index < -0.39 is 20.8 Å². The smallest absolute Gasteiger partial charge is 0.253 e. The molecule has 0 radical (unpaired) electrons. The van der Waals surface area contributed by atoms with Gasteiger partial charge in [-0.3, -0.25) is 13.7 Å². The number of sulfonamides is 1. The zero-order valence-corrected chi connectivity index (χ0v) is 15.2. The van der Waals surface area contributed by atoms with Gasteiger partial charge >= 0.3 is 0 Å². The molecule has 1 amide bonds. The summed E-state index contributed by atoms with van der Waals surface area (Å²) in [5, 5.41) is 0. The van der Waals surface area contributed by atoms with Crippen LogP contribution in [0.1, 0.15) is 22.8 Å². The first kappa shape index (κ1) is 17.9. The maximum Gasteiger partial charge on any atom is 0.253 e. The molecule has 1 saturated heterocycles. The number of hydrogen-bond donors (Lipinski definition) is 1. The first-order valence-corrected chi connectivity index (χ1v) is 10.8. The van der Waals surface area contributed by atoms with Crippen molar-refractivity contribution in [2.75, 3.05) is 35.6 Å². The highest BCUT2D eigenvalue weighted by molar-refractivity contribution is 7.92. The Morgan fingerprint density at radius 2 is 2.09 bits per heavy atom. The zero-order chi connectivity index (χ0) is 17.2. The van der Waals surface area contributed by atoms with Crippen LogP contribution in [0.5, 0.6) is 0 Å². The molecule has 2 unspecified atom stereocenters. The van der Waals surface area contributed by atoms with E-state index >= 15 is 0 Å². The molecule has 2 rings (SSSR count). The molecule has 0 aliphatic carbocycles. The lowest BCUT2D eigenvalue weighted by molar-refractivity contribution is 0.0751. The summed E-state index contributed by atoms with van der Waals surface area (Å²) in [4.78, 5) is 14.4. The van der Waals surface area contributed by atoms with E-state index in [2.05, 4.69) is 4.72 Å². The Bertz CT molecular complexity index is 731. The largest absolute Gasteiger partial charge is 0.337 e. The van der Waals surface area contributed by atoms with E-state index in [1.165, 1.54) is 0 Å². The number of benzene rings is 1. The number of anilines is 1. The average molecular weight is 358 g/mol. The molecular formula is C15H22N2O4S2. The van der Waals surface area contributed by atoms with Gasteiger partial charge in [-0.05, 0) is 30.5 Å². The summed E-state index contributed by atoms with van der Waals surface area (Å²) in [6, 6.07) is 4.98. The van der Waals surface area contributed by atoms with Crippen LogP contribution in [0.15, 0.2) is 18.2 Å². The van der Waals surface area contributed by atoms with Crippen molar-refractivity contribution >= 4 is 32.4 Å². The van der Waals surface area contributed by atoms with E-state index in [0.717, 1.165) is 11.8 Å². The lowest BCUT2D eigenvalue weighted by atomic mass is 10.1. The second-order valence-electron chi connectivity index (χ2n) is 6.07. The van der Waals surface area contributed by atoms with Gasteiger partial charge < -0.3 is 4.90 Å². The zero-order valence-electron chi connectivity index (χ0n) is 13.5. The number of nitrogens with one attached hydrogen (secondary N) is 1. The summed E-state index contributed by atoms with van der Waals surface area (Å²) in [6.07, 6.45) is 1.08. The van der Waals surface area contributed by atoms with Gasteiger partial charge in [-0.15, -0.1) is 0 Å². The monoisotopic (exact) mass is 358 g/mol. The maximum absolute atomic E-state index is 12.7. The number of amides is 1. The molecule has 0 aromatic heterocycles. The normalized spacial score (nSPS) is 22.5. The lowest BCUT2D eigenvalue weighted by Gasteiger charge is -2.22. The Morgan fingerprint density at radius 3 is 2.74 bits per heavy atom. The summed E-state index contributed by atoms with van der Waals surface area (Å²) in [7, 11) is -4.29. The summed E-state index contributed by atoms with van der Waals surface area (Å²) in [5.74, 6) is 1.11. The van der Waals surface area contributed by atoms with Gasteiger partial charge in [-0.1, -0.05) is 13.0 Å². The van der Waals surface area contributed by atoms with E-state index in [4.69, 9.17) is 0 Å². The minimum atomic E-state index is -3.40. The Morgan fingerprint density at radius 1 is 1.39 bits per heavy atom. The van der Waals surface area contributed by atoms with Gasteiger partial charge in [0, 0.05) is 41.0 Å². The predicted molar refractivity (Wildman–Crippen MR) is 92.6 cm³/mol. The van der Waals surface area contributed by atoms with Gasteiger partial charge in [0.2, 0.25) is 10.0 Å². The Balaban J connectivity index is 2.25. The number of hydrogen-bond acceptors (Lipinski definition) is 4. The highest BCUT2D eigenvalue weighted by Gasteiger charge is 2.24. The van der Waals surface area contributed by atoms with Crippen molar-refractivity contribution < 1.29 is 17.4 Å². The highest BCUT2D eigenvalue weighted by atomic mass is 32.2. The van der Waals surface area contributed by atoms with Gasteiger partial charge in [0.05, 0.1) is 11.9 Å². The second-order valence-corrected chi connectivity index (χ2v) is 9.44. The Labute approximate surface area is 139 Å². The molecule has 2 atom stereocenters. The number of carbonyl (C=O) groups is 1. The summed E-state index contributed by atoms with van der Waals surface area (Å²) >= 11 is 0. The molecule has 1 heterocycles. The van der Waals surface area contributed by atoms with Crippen molar-refractivity contribution in [1.29, 1.82) is 0 Å². The van der Waals surface area contributed by atoms with Gasteiger partial charge in [-0.25, -0.2) is 8.42 Å². The van der Waals surface area contributed by atoms with Gasteiger partial charge in [0.25, 0.3) is 5.91 Å². The van der Waals surface area contributed by atoms with Crippen LogP contribution in [0.25, 0.3) is 0 Å². The highest BCUT2D eigenvalue weighted by Crippen LogP contribution is 2.20. The van der Waals surface area contributed by atoms with Crippen molar-refractivity contribution in [2.24, 2.45) is 5.92 Å². The van der Waals surface area contributed by atoms with E-state index in [9.17, 15) is 17.4 Å². The van der Waals surface area contributed by atoms with Gasteiger partial charge in [-0.2, -0.15) is 0 Å². The van der Waals surface area contributed by atoms with Crippen LogP contribution in [-0.4, -0.2) is 54.3 Å². The van der Waals surface area contributed by atoms with Crippen molar-refractivity contribution in [3.8, 4) is 0 Å². The molecule has 8 heteroatoms. The van der Waals surface area contributed by atoms with Crippen molar-refractivity contribution in [2.45, 2.75) is 13.8 Å². The minimum Gasteiger partial charge on any atom is -0.337 e. The van der Waals surface area contributed by atoms with Gasteiger partial charge in [0.1, 0.15) is 0 Å². The first-order valence-electron chi connectivity index (χ1n) is 7.38. The molecule has 6 nitrogen and oxygen atoms in total. The molecule has 0 saturated carbocycles. The summed E-state index contributed by atoms with van der Waals surface area (Å²) in [5.41, 5.74) is 1.59. The maximum atomic E-state index is 12.7. The SMILES string of the molecule is Cc1ccc(C(=O)N2CCS(=O)CC(C)C2)cc1NS(C)(=O)=O. The first-order chi connectivity index (χ1) is 10.7. The predicted octanol–water partition coefficient (Wildman–Crippen LogP) is 1.21. The van der Waals surface area contributed by atoms with Crippen LogP contribution in [0.3, 0.4) is 0 Å². The van der Waals surface area contributed by atoms with Crippen LogP contribution in [0.4, 0.5) is 5.69 Å². The molecule has 1 N–H and O–H groups in total. The van der Waals surface area contributed by atoms with Crippen molar-refractivity contribution in [3.63, 3.8) is 0 Å². The quantitative estimate of drug-likeness (QED) is 0.880. The van der Waals surface area contributed by atoms with E-state index in [1.807, 2.05) is 6.92 Å². The minimum absolute atomic E-state index is 0.160. The second kappa shape index (κ2) is 7.00. The van der Waals surface area contributed by atoms with Crippen molar-refractivity contribution in [1.82, 2.24) is 4.90 Å². The van der Waals surface area contributed by atoms with Crippen LogP contribution in [0.2, 0.25) is 0 Å². The molecule has 1 aromatic carbocycles. The molecule has 128 valence electrons. The fourth-order valence-corrected chi connectivity index (χ4v) is 4.51. The van der Waals surface area contributed by atoms with Crippen LogP contribution >= 0.6 is 0 Å². The Hall–Kier alpha value is -1.41. The molecule has 23 heavy (non-hydrogen) atoms. The number of carbonyl (C=O) groups excluding carboxylic acids is 1. The molecular weight excluding hydrogens is 336 g/mol. The lowest BCUT2D eigenvalue weighted by Crippen LogP contribution is -2.35. The standard InChI is InChI=1S/C15H22N2O4S2/c1-11-9-17(6-7-22(19)10-11)15(18)13-5-4-12(2)14(8-13)16-23(3,20)21/h4-5,8,11,16H,6-7,9-10H2,1-3H3. The average Bonchev–Trinajstić information content (AvgIpc) is 2.59. The van der Waals surface area contributed by atoms with Crippen LogP contribution in [-0.2, 0) is 20.8 Å². The Kier molecular flexibility index (Phi) is 5.46. The topological polar surface area (TPSA) is 83.6 Å². The van der Waals surface area contributed by atoms with Crippen LogP contribution in [0, 0.1) is 12.8 Å². The third-order valence-electron chi connectivity index (χ3n) is 3.66. The fourth-order valence-electron chi connectivity index (χ4n) is 2.56. The number of aryl methyl sites for hydroxylation is 1. The fraction of sp³-hybridized carbons (Fsp3) is 0.533. The van der Waals surface area contributed by atoms with Crippen molar-refractivity contribution in [3.05, 3.63) is 29.3 Å². The molecule has 1 aliphatic heterocycles. The molecule has 0 spiro atoms. The molecule has 1 fully saturated rings. The van der Waals surface area contributed by atoms with E-state index in [1.54, 1.807) is 30.0 Å². The van der Waals surface area contributed by atoms with E-state index in [0.29, 0.717) is 35.8 Å². The summed E-state index contributed by atoms with van der Waals surface area (Å²) < 4.78 is 37.0. The molecule has 1 aliphatic rings. The third kappa shape index (κ3) is 5.04. The molecule has 0 bridgehead atoms. The van der Waals surface area contributed by atoms with Crippen LogP contribution < -0.4 is 4.72 Å². The number of rotatable bonds is 3. The summed E-state index contributed by atoms with van der Waals surface area (Å²) in [6.45, 7) is 4.78. The number of nitrogens with zero attached hydrogens (tertiary/aromatic N) is 1. The van der Waals surface area contributed by atoms with E-state index in [-0.39, 0.29) is 11.8 Å². The van der Waals surface area contributed by atoms with Gasteiger partial charge in [0.15, 0.2) is 0 Å².